The Morgan fingerprint density at radius 1 is 1.41 bits per heavy atom. The molecule has 2 atom stereocenters. The number of methoxy groups -OCH3 is 1. The van der Waals surface area contributed by atoms with Crippen molar-refractivity contribution in [3.05, 3.63) is 24.0 Å². The Labute approximate surface area is 137 Å². The maximum absolute atomic E-state index is 14.1. The number of benzene rings is 1. The van der Waals surface area contributed by atoms with Gasteiger partial charge in [0.25, 0.3) is 0 Å². The largest absolute Gasteiger partial charge is 0.497 e. The van der Waals surface area contributed by atoms with E-state index in [0.29, 0.717) is 13.0 Å². The molecule has 2 N–H and O–H groups in total. The van der Waals surface area contributed by atoms with Crippen molar-refractivity contribution < 1.29 is 17.5 Å². The summed E-state index contributed by atoms with van der Waals surface area (Å²) in [5, 5.41) is 0. The maximum atomic E-state index is 14.1. The number of halogens is 2. The van der Waals surface area contributed by atoms with Gasteiger partial charge >= 0.3 is 0 Å². The Bertz CT molecular complexity index is 610. The van der Waals surface area contributed by atoms with Crippen molar-refractivity contribution in [3.8, 4) is 5.75 Å². The van der Waals surface area contributed by atoms with E-state index in [1.165, 1.54) is 23.5 Å². The molecule has 0 amide bonds. The van der Waals surface area contributed by atoms with E-state index >= 15 is 0 Å². The molecule has 22 heavy (non-hydrogen) atoms. The third-order valence-electron chi connectivity index (χ3n) is 3.83. The number of nitrogens with zero attached hydrogens (tertiary/aromatic N) is 1. The predicted molar refractivity (Wildman–Crippen MR) is 85.4 cm³/mol. The van der Waals surface area contributed by atoms with Crippen LogP contribution in [0.5, 0.6) is 5.75 Å². The van der Waals surface area contributed by atoms with Crippen LogP contribution in [-0.4, -0.2) is 38.5 Å². The standard InChI is InChI=1S/C14H21FN2O3S.ClH/c1-10(16)13-5-3-4-8-17(13)21(18,19)14-7-6-11(20-2)9-12(14)15;/h6-7,9-10,13H,3-5,8,16H2,1-2H3;1H. The zero-order chi connectivity index (χ0) is 15.6. The molecule has 0 radical (unpaired) electrons. The smallest absolute Gasteiger partial charge is 0.246 e. The van der Waals surface area contributed by atoms with E-state index < -0.39 is 15.8 Å². The summed E-state index contributed by atoms with van der Waals surface area (Å²) in [4.78, 5) is -0.323. The highest BCUT2D eigenvalue weighted by Gasteiger charge is 2.36. The molecular weight excluding hydrogens is 331 g/mol. The SMILES string of the molecule is COc1ccc(S(=O)(=O)N2CCCCC2C(C)N)c(F)c1.Cl. The van der Waals surface area contributed by atoms with Gasteiger partial charge in [0.2, 0.25) is 10.0 Å². The lowest BCUT2D eigenvalue weighted by Gasteiger charge is -2.36. The molecule has 0 bridgehead atoms. The summed E-state index contributed by atoms with van der Waals surface area (Å²) in [6, 6.07) is 3.20. The summed E-state index contributed by atoms with van der Waals surface area (Å²) in [6.07, 6.45) is 2.40. The fourth-order valence-electron chi connectivity index (χ4n) is 2.70. The van der Waals surface area contributed by atoms with Crippen molar-refractivity contribution >= 4 is 22.4 Å². The summed E-state index contributed by atoms with van der Waals surface area (Å²) in [5.41, 5.74) is 5.90. The van der Waals surface area contributed by atoms with Gasteiger partial charge in [0.15, 0.2) is 0 Å². The minimum Gasteiger partial charge on any atom is -0.497 e. The molecule has 1 heterocycles. The van der Waals surface area contributed by atoms with Gasteiger partial charge in [-0.15, -0.1) is 12.4 Å². The molecule has 0 aromatic heterocycles. The maximum Gasteiger partial charge on any atom is 0.246 e. The molecule has 1 aliphatic rings. The van der Waals surface area contributed by atoms with Crippen LogP contribution >= 0.6 is 12.4 Å². The first-order chi connectivity index (χ1) is 9.87. The van der Waals surface area contributed by atoms with Crippen molar-refractivity contribution in [1.29, 1.82) is 0 Å². The van der Waals surface area contributed by atoms with E-state index in [0.717, 1.165) is 18.9 Å². The van der Waals surface area contributed by atoms with Gasteiger partial charge in [0, 0.05) is 24.7 Å². The van der Waals surface area contributed by atoms with E-state index in [9.17, 15) is 12.8 Å². The highest BCUT2D eigenvalue weighted by Crippen LogP contribution is 2.29. The summed E-state index contributed by atoms with van der Waals surface area (Å²) < 4.78 is 45.8. The zero-order valence-electron chi connectivity index (χ0n) is 12.7. The third-order valence-corrected chi connectivity index (χ3v) is 5.79. The lowest BCUT2D eigenvalue weighted by Crippen LogP contribution is -2.51. The summed E-state index contributed by atoms with van der Waals surface area (Å²) >= 11 is 0. The van der Waals surface area contributed by atoms with Crippen molar-refractivity contribution in [2.45, 2.75) is 43.2 Å². The predicted octanol–water partition coefficient (Wildman–Crippen LogP) is 2.15. The average molecular weight is 353 g/mol. The van der Waals surface area contributed by atoms with E-state index in [4.69, 9.17) is 10.5 Å². The van der Waals surface area contributed by atoms with Crippen LogP contribution in [0, 0.1) is 5.82 Å². The molecule has 0 saturated carbocycles. The molecule has 1 aromatic rings. The normalized spacial score (nSPS) is 21.0. The van der Waals surface area contributed by atoms with Gasteiger partial charge in [-0.25, -0.2) is 12.8 Å². The minimum atomic E-state index is -3.89. The average Bonchev–Trinajstić information content (AvgIpc) is 2.46. The fourth-order valence-corrected chi connectivity index (χ4v) is 4.52. The van der Waals surface area contributed by atoms with Crippen LogP contribution in [0.1, 0.15) is 26.2 Å². The Balaban J connectivity index is 0.00000242. The molecule has 126 valence electrons. The molecule has 1 saturated heterocycles. The summed E-state index contributed by atoms with van der Waals surface area (Å²) in [7, 11) is -2.49. The lowest BCUT2D eigenvalue weighted by atomic mass is 10.00. The quantitative estimate of drug-likeness (QED) is 0.901. The fraction of sp³-hybridized carbons (Fsp3) is 0.571. The van der Waals surface area contributed by atoms with Crippen molar-refractivity contribution in [2.24, 2.45) is 5.73 Å². The third kappa shape index (κ3) is 3.71. The van der Waals surface area contributed by atoms with Gasteiger partial charge in [0.05, 0.1) is 7.11 Å². The Hall–Kier alpha value is -0.890. The van der Waals surface area contributed by atoms with Crippen LogP contribution in [0.2, 0.25) is 0 Å². The molecule has 0 aliphatic carbocycles. The number of piperidine rings is 1. The summed E-state index contributed by atoms with van der Waals surface area (Å²) in [6.45, 7) is 2.16. The van der Waals surface area contributed by atoms with Gasteiger partial charge in [-0.2, -0.15) is 4.31 Å². The highest BCUT2D eigenvalue weighted by atomic mass is 35.5. The van der Waals surface area contributed by atoms with Crippen LogP contribution in [-0.2, 0) is 10.0 Å². The Kier molecular flexibility index (Phi) is 6.61. The van der Waals surface area contributed by atoms with Crippen molar-refractivity contribution in [1.82, 2.24) is 4.31 Å². The first kappa shape index (κ1) is 19.2. The van der Waals surface area contributed by atoms with Crippen LogP contribution in [0.4, 0.5) is 4.39 Å². The van der Waals surface area contributed by atoms with E-state index in [1.54, 1.807) is 6.92 Å². The Morgan fingerprint density at radius 2 is 2.09 bits per heavy atom. The number of rotatable bonds is 4. The molecular formula is C14H22ClFN2O3S. The lowest BCUT2D eigenvalue weighted by molar-refractivity contribution is 0.226. The molecule has 0 spiro atoms. The molecule has 2 rings (SSSR count). The van der Waals surface area contributed by atoms with Gasteiger partial charge in [0.1, 0.15) is 16.5 Å². The van der Waals surface area contributed by atoms with Crippen molar-refractivity contribution in [2.75, 3.05) is 13.7 Å². The number of hydrogen-bond donors (Lipinski definition) is 1. The molecule has 1 fully saturated rings. The van der Waals surface area contributed by atoms with Crippen LogP contribution in [0.15, 0.2) is 23.1 Å². The van der Waals surface area contributed by atoms with E-state index in [1.807, 2.05) is 0 Å². The molecule has 2 unspecified atom stereocenters. The second kappa shape index (κ2) is 7.59. The van der Waals surface area contributed by atoms with Gasteiger partial charge in [-0.3, -0.25) is 0 Å². The van der Waals surface area contributed by atoms with Crippen LogP contribution in [0.25, 0.3) is 0 Å². The first-order valence-corrected chi connectivity index (χ1v) is 8.43. The van der Waals surface area contributed by atoms with E-state index in [2.05, 4.69) is 0 Å². The Morgan fingerprint density at radius 3 is 2.64 bits per heavy atom. The number of nitrogens with two attached hydrogens (primary N) is 1. The molecule has 1 aromatic carbocycles. The topological polar surface area (TPSA) is 72.6 Å². The van der Waals surface area contributed by atoms with Crippen LogP contribution in [0.3, 0.4) is 0 Å². The zero-order valence-corrected chi connectivity index (χ0v) is 14.3. The first-order valence-electron chi connectivity index (χ1n) is 6.99. The number of ether oxygens (including phenoxy) is 1. The number of hydrogen-bond acceptors (Lipinski definition) is 4. The van der Waals surface area contributed by atoms with Crippen LogP contribution < -0.4 is 10.5 Å². The molecule has 1 aliphatic heterocycles. The second-order valence-electron chi connectivity index (χ2n) is 5.33. The highest BCUT2D eigenvalue weighted by molar-refractivity contribution is 7.89. The van der Waals surface area contributed by atoms with Crippen molar-refractivity contribution in [3.63, 3.8) is 0 Å². The molecule has 5 nitrogen and oxygen atoms in total. The minimum absolute atomic E-state index is 0. The number of sulfonamides is 1. The second-order valence-corrected chi connectivity index (χ2v) is 7.19. The van der Waals surface area contributed by atoms with Gasteiger partial charge < -0.3 is 10.5 Å². The summed E-state index contributed by atoms with van der Waals surface area (Å²) in [5.74, 6) is -0.516. The monoisotopic (exact) mass is 352 g/mol. The van der Waals surface area contributed by atoms with Gasteiger partial charge in [-0.05, 0) is 31.9 Å². The van der Waals surface area contributed by atoms with E-state index in [-0.39, 0.29) is 35.1 Å². The van der Waals surface area contributed by atoms with Gasteiger partial charge in [-0.1, -0.05) is 6.42 Å². The molecule has 8 heteroatoms.